The average molecular weight is 268 g/mol. The molecule has 0 aliphatic heterocycles. The Morgan fingerprint density at radius 2 is 2.20 bits per heavy atom. The minimum Gasteiger partial charge on any atom is -0.384 e. The fourth-order valence-corrected chi connectivity index (χ4v) is 3.16. The highest BCUT2D eigenvalue weighted by atomic mass is 79.9. The van der Waals surface area contributed by atoms with E-state index in [-0.39, 0.29) is 5.41 Å². The molecule has 1 spiro atoms. The maximum atomic E-state index is 10.6. The maximum absolute atomic E-state index is 10.6. The van der Waals surface area contributed by atoms with Crippen molar-refractivity contribution in [3.05, 3.63) is 28.0 Å². The van der Waals surface area contributed by atoms with Crippen molar-refractivity contribution in [2.45, 2.75) is 43.6 Å². The Kier molecular flexibility index (Phi) is 1.85. The summed E-state index contributed by atoms with van der Waals surface area (Å²) in [7, 11) is 0. The van der Waals surface area contributed by atoms with E-state index in [2.05, 4.69) is 27.0 Å². The molecular formula is C12H14BrNO. The lowest BCUT2D eigenvalue weighted by Crippen LogP contribution is -2.23. The molecule has 0 bridgehead atoms. The third kappa shape index (κ3) is 1.23. The molecule has 1 N–H and O–H groups in total. The number of nitrogens with zero attached hydrogens (tertiary/aromatic N) is 1. The normalized spacial score (nSPS) is 30.6. The van der Waals surface area contributed by atoms with Gasteiger partial charge in [0.15, 0.2) is 0 Å². The van der Waals surface area contributed by atoms with E-state index >= 15 is 0 Å². The highest BCUT2D eigenvalue weighted by Gasteiger charge is 2.58. The van der Waals surface area contributed by atoms with E-state index in [0.717, 1.165) is 23.1 Å². The van der Waals surface area contributed by atoms with Crippen molar-refractivity contribution in [3.63, 3.8) is 0 Å². The van der Waals surface area contributed by atoms with E-state index < -0.39 is 5.60 Å². The molecule has 2 aliphatic carbocycles. The van der Waals surface area contributed by atoms with Crippen molar-refractivity contribution in [3.8, 4) is 0 Å². The molecule has 0 saturated heterocycles. The lowest BCUT2D eigenvalue weighted by Gasteiger charge is -2.21. The van der Waals surface area contributed by atoms with Gasteiger partial charge in [0, 0.05) is 5.41 Å². The molecular weight excluding hydrogens is 254 g/mol. The van der Waals surface area contributed by atoms with Gasteiger partial charge in [-0.05, 0) is 53.2 Å². The SMILES string of the molecule is CCC1(O)CC2(CC2)c2ccc(Br)nc21. The Morgan fingerprint density at radius 3 is 2.80 bits per heavy atom. The van der Waals surface area contributed by atoms with Crippen LogP contribution in [0.3, 0.4) is 0 Å². The van der Waals surface area contributed by atoms with Gasteiger partial charge in [-0.2, -0.15) is 0 Å². The summed E-state index contributed by atoms with van der Waals surface area (Å²) >= 11 is 3.38. The van der Waals surface area contributed by atoms with Crippen LogP contribution in [0, 0.1) is 0 Å². The minimum absolute atomic E-state index is 0.272. The average Bonchev–Trinajstić information content (AvgIpc) is 2.93. The van der Waals surface area contributed by atoms with Crippen LogP contribution in [0.25, 0.3) is 0 Å². The van der Waals surface area contributed by atoms with E-state index in [1.807, 2.05) is 13.0 Å². The van der Waals surface area contributed by atoms with Crippen molar-refractivity contribution < 1.29 is 5.11 Å². The smallest absolute Gasteiger partial charge is 0.107 e. The number of pyridine rings is 1. The second kappa shape index (κ2) is 2.83. The Hall–Kier alpha value is -0.410. The quantitative estimate of drug-likeness (QED) is 0.794. The molecule has 0 amide bonds. The molecule has 80 valence electrons. The summed E-state index contributed by atoms with van der Waals surface area (Å²) in [5, 5.41) is 10.6. The Morgan fingerprint density at radius 1 is 1.47 bits per heavy atom. The van der Waals surface area contributed by atoms with E-state index in [4.69, 9.17) is 0 Å². The van der Waals surface area contributed by atoms with Crippen LogP contribution in [0.1, 0.15) is 43.9 Å². The van der Waals surface area contributed by atoms with E-state index in [1.165, 1.54) is 18.4 Å². The molecule has 1 heterocycles. The van der Waals surface area contributed by atoms with Gasteiger partial charge in [0.25, 0.3) is 0 Å². The summed E-state index contributed by atoms with van der Waals surface area (Å²) in [6.07, 6.45) is 4.05. The molecule has 15 heavy (non-hydrogen) atoms. The number of aromatic nitrogens is 1. The first-order chi connectivity index (χ1) is 7.10. The number of hydrogen-bond donors (Lipinski definition) is 1. The number of aliphatic hydroxyl groups is 1. The summed E-state index contributed by atoms with van der Waals surface area (Å²) in [5.41, 5.74) is 1.79. The van der Waals surface area contributed by atoms with E-state index in [9.17, 15) is 5.11 Å². The highest BCUT2D eigenvalue weighted by Crippen LogP contribution is 2.62. The van der Waals surface area contributed by atoms with Gasteiger partial charge >= 0.3 is 0 Å². The molecule has 1 unspecified atom stereocenters. The second-order valence-corrected chi connectivity index (χ2v) is 5.68. The number of hydrogen-bond acceptors (Lipinski definition) is 2. The monoisotopic (exact) mass is 267 g/mol. The molecule has 1 aromatic heterocycles. The van der Waals surface area contributed by atoms with Gasteiger partial charge in [-0.25, -0.2) is 4.98 Å². The number of halogens is 1. The number of rotatable bonds is 1. The van der Waals surface area contributed by atoms with Gasteiger partial charge in [0.05, 0.1) is 5.69 Å². The van der Waals surface area contributed by atoms with Gasteiger partial charge in [0.1, 0.15) is 10.2 Å². The van der Waals surface area contributed by atoms with Crippen LogP contribution in [0.5, 0.6) is 0 Å². The first-order valence-corrected chi connectivity index (χ1v) is 6.29. The van der Waals surface area contributed by atoms with Crippen molar-refractivity contribution in [1.82, 2.24) is 4.98 Å². The Balaban J connectivity index is 2.20. The van der Waals surface area contributed by atoms with Crippen LogP contribution in [0.4, 0.5) is 0 Å². The summed E-state index contributed by atoms with van der Waals surface area (Å²) < 4.78 is 0.825. The molecule has 0 aromatic carbocycles. The minimum atomic E-state index is -0.685. The molecule has 1 saturated carbocycles. The van der Waals surface area contributed by atoms with Crippen molar-refractivity contribution in [1.29, 1.82) is 0 Å². The van der Waals surface area contributed by atoms with Crippen LogP contribution < -0.4 is 0 Å². The second-order valence-electron chi connectivity index (χ2n) is 4.87. The third-order valence-electron chi connectivity index (χ3n) is 3.94. The standard InChI is InChI=1S/C12H14BrNO/c1-2-12(15)7-11(5-6-11)8-3-4-9(13)14-10(8)12/h3-4,15H,2,5-7H2,1H3. The van der Waals surface area contributed by atoms with Crippen LogP contribution in [-0.2, 0) is 11.0 Å². The van der Waals surface area contributed by atoms with Crippen LogP contribution in [0.2, 0.25) is 0 Å². The Labute approximate surface area is 97.9 Å². The molecule has 2 nitrogen and oxygen atoms in total. The number of fused-ring (bicyclic) bond motifs is 2. The van der Waals surface area contributed by atoms with Gasteiger partial charge in [-0.3, -0.25) is 0 Å². The fourth-order valence-electron chi connectivity index (χ4n) is 2.85. The molecule has 1 fully saturated rings. The highest BCUT2D eigenvalue weighted by molar-refractivity contribution is 9.10. The van der Waals surface area contributed by atoms with Gasteiger partial charge in [-0.15, -0.1) is 0 Å². The predicted molar refractivity (Wildman–Crippen MR) is 61.7 cm³/mol. The largest absolute Gasteiger partial charge is 0.384 e. The third-order valence-corrected chi connectivity index (χ3v) is 4.38. The molecule has 3 rings (SSSR count). The van der Waals surface area contributed by atoms with Crippen molar-refractivity contribution in [2.24, 2.45) is 0 Å². The first-order valence-electron chi connectivity index (χ1n) is 5.50. The van der Waals surface area contributed by atoms with Crippen molar-refractivity contribution >= 4 is 15.9 Å². The van der Waals surface area contributed by atoms with Crippen molar-refractivity contribution in [2.75, 3.05) is 0 Å². The zero-order valence-electron chi connectivity index (χ0n) is 8.76. The lowest BCUT2D eigenvalue weighted by molar-refractivity contribution is 0.0236. The van der Waals surface area contributed by atoms with E-state index in [0.29, 0.717) is 0 Å². The van der Waals surface area contributed by atoms with E-state index in [1.54, 1.807) is 0 Å². The zero-order chi connectivity index (χ0) is 10.7. The van der Waals surface area contributed by atoms with Gasteiger partial charge in [0.2, 0.25) is 0 Å². The van der Waals surface area contributed by atoms with Crippen LogP contribution in [0.15, 0.2) is 16.7 Å². The lowest BCUT2D eigenvalue weighted by atomic mass is 9.94. The maximum Gasteiger partial charge on any atom is 0.107 e. The summed E-state index contributed by atoms with van der Waals surface area (Å²) in [6.45, 7) is 2.04. The molecule has 3 heteroatoms. The van der Waals surface area contributed by atoms with Gasteiger partial charge in [-0.1, -0.05) is 13.0 Å². The first kappa shape index (κ1) is 9.79. The zero-order valence-corrected chi connectivity index (χ0v) is 10.3. The topological polar surface area (TPSA) is 33.1 Å². The molecule has 2 aliphatic rings. The summed E-state index contributed by atoms with van der Waals surface area (Å²) in [5.74, 6) is 0. The molecule has 0 radical (unpaired) electrons. The van der Waals surface area contributed by atoms with Crippen LogP contribution in [-0.4, -0.2) is 10.1 Å². The predicted octanol–water partition coefficient (Wildman–Crippen LogP) is 2.88. The molecule has 1 aromatic rings. The van der Waals surface area contributed by atoms with Crippen LogP contribution >= 0.6 is 15.9 Å². The fraction of sp³-hybridized carbons (Fsp3) is 0.583. The Bertz CT molecular complexity index is 428. The molecule has 1 atom stereocenters. The summed E-state index contributed by atoms with van der Waals surface area (Å²) in [4.78, 5) is 4.48. The van der Waals surface area contributed by atoms with Gasteiger partial charge < -0.3 is 5.11 Å². The summed E-state index contributed by atoms with van der Waals surface area (Å²) in [6, 6.07) is 4.12.